The Balaban J connectivity index is 1.54. The van der Waals surface area contributed by atoms with Gasteiger partial charge in [0.25, 0.3) is 0 Å². The number of hydrogen-bond donors (Lipinski definition) is 0. The van der Waals surface area contributed by atoms with Gasteiger partial charge in [0.05, 0.1) is 12.5 Å². The van der Waals surface area contributed by atoms with Crippen molar-refractivity contribution < 1.29 is 9.53 Å². The third-order valence-electron chi connectivity index (χ3n) is 6.57. The average molecular weight is 473 g/mol. The van der Waals surface area contributed by atoms with E-state index >= 15 is 0 Å². The lowest BCUT2D eigenvalue weighted by atomic mass is 9.84. The standard InChI is InChI=1S/C34H32O2/c1-3-26-9-11-29(12-10-26)25-30-15-20-32(21-16-30)34(31-18-13-28(14-19-31)23-24-36-2)33(35)22-17-27-7-5-4-6-8-27/h1,4-16,18-21,34H,17,22-25H2,2H3. The summed E-state index contributed by atoms with van der Waals surface area (Å²) in [4.78, 5) is 13.6. The molecule has 0 N–H and O–H groups in total. The summed E-state index contributed by atoms with van der Waals surface area (Å²) in [6, 6.07) is 35.2. The van der Waals surface area contributed by atoms with Crippen molar-refractivity contribution in [2.75, 3.05) is 13.7 Å². The molecule has 0 heterocycles. The van der Waals surface area contributed by atoms with Crippen molar-refractivity contribution in [3.63, 3.8) is 0 Å². The maximum atomic E-state index is 13.6. The van der Waals surface area contributed by atoms with Gasteiger partial charge in [-0.15, -0.1) is 6.42 Å². The molecule has 1 atom stereocenters. The predicted molar refractivity (Wildman–Crippen MR) is 147 cm³/mol. The van der Waals surface area contributed by atoms with Gasteiger partial charge < -0.3 is 4.74 Å². The lowest BCUT2D eigenvalue weighted by Gasteiger charge is -2.18. The molecule has 0 saturated carbocycles. The van der Waals surface area contributed by atoms with Crippen LogP contribution < -0.4 is 0 Å². The normalized spacial score (nSPS) is 11.6. The first-order valence-corrected chi connectivity index (χ1v) is 12.4. The van der Waals surface area contributed by atoms with Gasteiger partial charge in [-0.25, -0.2) is 0 Å². The van der Waals surface area contributed by atoms with E-state index in [2.05, 4.69) is 78.7 Å². The number of rotatable bonds is 11. The maximum Gasteiger partial charge on any atom is 0.145 e. The van der Waals surface area contributed by atoms with Crippen LogP contribution in [0.25, 0.3) is 0 Å². The lowest BCUT2D eigenvalue weighted by molar-refractivity contribution is -0.119. The number of aryl methyl sites for hydroxylation is 1. The van der Waals surface area contributed by atoms with Crippen molar-refractivity contribution in [3.05, 3.63) is 142 Å². The molecule has 0 aliphatic rings. The number of carbonyl (C=O) groups excluding carboxylic acids is 1. The van der Waals surface area contributed by atoms with Crippen LogP contribution in [0.15, 0.2) is 103 Å². The molecule has 2 heteroatoms. The van der Waals surface area contributed by atoms with Crippen LogP contribution in [-0.2, 0) is 28.8 Å². The van der Waals surface area contributed by atoms with Gasteiger partial charge >= 0.3 is 0 Å². The summed E-state index contributed by atoms with van der Waals surface area (Å²) in [6.45, 7) is 0.686. The number of ether oxygens (including phenoxy) is 1. The highest BCUT2D eigenvalue weighted by molar-refractivity contribution is 5.89. The highest BCUT2D eigenvalue weighted by atomic mass is 16.5. The molecule has 2 nitrogen and oxygen atoms in total. The predicted octanol–water partition coefficient (Wildman–Crippen LogP) is 6.78. The first kappa shape index (κ1) is 25.2. The summed E-state index contributed by atoms with van der Waals surface area (Å²) in [5, 5.41) is 0. The fourth-order valence-electron chi connectivity index (χ4n) is 4.50. The van der Waals surface area contributed by atoms with E-state index in [1.807, 2.05) is 30.3 Å². The number of methoxy groups -OCH3 is 1. The largest absolute Gasteiger partial charge is 0.384 e. The van der Waals surface area contributed by atoms with E-state index in [4.69, 9.17) is 11.2 Å². The molecule has 0 fully saturated rings. The molecule has 0 amide bonds. The molecule has 1 unspecified atom stereocenters. The van der Waals surface area contributed by atoms with Gasteiger partial charge in [0.2, 0.25) is 0 Å². The Bertz CT molecular complexity index is 1280. The quantitative estimate of drug-likeness (QED) is 0.225. The fourth-order valence-corrected chi connectivity index (χ4v) is 4.50. The summed E-state index contributed by atoms with van der Waals surface area (Å²) in [7, 11) is 1.71. The van der Waals surface area contributed by atoms with Crippen LogP contribution in [0.2, 0.25) is 0 Å². The minimum atomic E-state index is -0.283. The molecule has 4 aromatic carbocycles. The van der Waals surface area contributed by atoms with Crippen LogP contribution in [0.1, 0.15) is 51.3 Å². The molecule has 0 bridgehead atoms. The van der Waals surface area contributed by atoms with Gasteiger partial charge in [-0.3, -0.25) is 4.79 Å². The van der Waals surface area contributed by atoms with Crippen molar-refractivity contribution in [3.8, 4) is 12.3 Å². The second-order valence-electron chi connectivity index (χ2n) is 9.13. The van der Waals surface area contributed by atoms with Crippen molar-refractivity contribution in [1.29, 1.82) is 0 Å². The van der Waals surface area contributed by atoms with E-state index in [0.717, 1.165) is 36.0 Å². The molecular formula is C34H32O2. The topological polar surface area (TPSA) is 26.3 Å². The first-order chi connectivity index (χ1) is 17.7. The number of benzene rings is 4. The van der Waals surface area contributed by atoms with E-state index in [-0.39, 0.29) is 11.7 Å². The van der Waals surface area contributed by atoms with Gasteiger partial charge in [-0.2, -0.15) is 0 Å². The third-order valence-corrected chi connectivity index (χ3v) is 6.57. The SMILES string of the molecule is C#Cc1ccc(Cc2ccc(C(C(=O)CCc3ccccc3)c3ccc(CCOC)cc3)cc2)cc1. The zero-order chi connectivity index (χ0) is 25.2. The summed E-state index contributed by atoms with van der Waals surface area (Å²) in [5.74, 6) is 2.61. The maximum absolute atomic E-state index is 13.6. The van der Waals surface area contributed by atoms with Crippen molar-refractivity contribution >= 4 is 5.78 Å². The van der Waals surface area contributed by atoms with Crippen LogP contribution in [0.4, 0.5) is 0 Å². The Morgan fingerprint density at radius 3 is 1.81 bits per heavy atom. The average Bonchev–Trinajstić information content (AvgIpc) is 2.93. The Morgan fingerprint density at radius 1 is 0.722 bits per heavy atom. The third kappa shape index (κ3) is 6.81. The fraction of sp³-hybridized carbons (Fsp3) is 0.206. The van der Waals surface area contributed by atoms with Crippen LogP contribution in [0.5, 0.6) is 0 Å². The number of ketones is 1. The summed E-state index contributed by atoms with van der Waals surface area (Å²) < 4.78 is 5.21. The van der Waals surface area contributed by atoms with E-state index in [0.29, 0.717) is 13.0 Å². The van der Waals surface area contributed by atoms with Gasteiger partial charge in [0.1, 0.15) is 5.78 Å². The van der Waals surface area contributed by atoms with Crippen molar-refractivity contribution in [1.82, 2.24) is 0 Å². The molecule has 0 saturated heterocycles. The molecule has 0 aromatic heterocycles. The Labute approximate surface area is 215 Å². The van der Waals surface area contributed by atoms with E-state index < -0.39 is 0 Å². The molecule has 4 aromatic rings. The molecule has 0 aliphatic heterocycles. The Morgan fingerprint density at radius 2 is 1.25 bits per heavy atom. The van der Waals surface area contributed by atoms with Crippen molar-refractivity contribution in [2.45, 2.75) is 31.6 Å². The smallest absolute Gasteiger partial charge is 0.145 e. The minimum absolute atomic E-state index is 0.237. The van der Waals surface area contributed by atoms with Crippen LogP contribution in [0, 0.1) is 12.3 Å². The molecule has 0 spiro atoms. The van der Waals surface area contributed by atoms with Gasteiger partial charge in [-0.1, -0.05) is 96.9 Å². The Hall–Kier alpha value is -3.93. The lowest BCUT2D eigenvalue weighted by Crippen LogP contribution is -2.15. The Kier molecular flexibility index (Phi) is 8.87. The number of Topliss-reactive ketones (excluding diaryl/α,β-unsaturated/α-hetero) is 1. The molecule has 0 radical (unpaired) electrons. The van der Waals surface area contributed by atoms with Crippen molar-refractivity contribution in [2.24, 2.45) is 0 Å². The van der Waals surface area contributed by atoms with Gasteiger partial charge in [-0.05, 0) is 64.8 Å². The second kappa shape index (κ2) is 12.7. The number of carbonyl (C=O) groups is 1. The van der Waals surface area contributed by atoms with E-state index in [1.54, 1.807) is 7.11 Å². The van der Waals surface area contributed by atoms with Gasteiger partial charge in [0, 0.05) is 19.1 Å². The monoisotopic (exact) mass is 472 g/mol. The molecule has 36 heavy (non-hydrogen) atoms. The van der Waals surface area contributed by atoms with Crippen LogP contribution >= 0.6 is 0 Å². The zero-order valence-corrected chi connectivity index (χ0v) is 20.8. The molecule has 180 valence electrons. The van der Waals surface area contributed by atoms with E-state index in [1.165, 1.54) is 22.3 Å². The van der Waals surface area contributed by atoms with Crippen LogP contribution in [-0.4, -0.2) is 19.5 Å². The summed E-state index contributed by atoms with van der Waals surface area (Å²) in [6.07, 6.45) is 8.40. The molecular weight excluding hydrogens is 440 g/mol. The molecule has 0 aliphatic carbocycles. The highest BCUT2D eigenvalue weighted by Gasteiger charge is 2.22. The molecule has 4 rings (SSSR count). The number of hydrogen-bond acceptors (Lipinski definition) is 2. The summed E-state index contributed by atoms with van der Waals surface area (Å²) >= 11 is 0. The van der Waals surface area contributed by atoms with E-state index in [9.17, 15) is 4.79 Å². The van der Waals surface area contributed by atoms with Crippen LogP contribution in [0.3, 0.4) is 0 Å². The second-order valence-corrected chi connectivity index (χ2v) is 9.13. The number of terminal acetylenes is 1. The van der Waals surface area contributed by atoms with Gasteiger partial charge in [0.15, 0.2) is 0 Å². The summed E-state index contributed by atoms with van der Waals surface area (Å²) in [5.41, 5.74) is 7.77. The zero-order valence-electron chi connectivity index (χ0n) is 20.8. The minimum Gasteiger partial charge on any atom is -0.384 e. The highest BCUT2D eigenvalue weighted by Crippen LogP contribution is 2.29. The first-order valence-electron chi connectivity index (χ1n) is 12.4.